The molecule has 2 N–H and O–H groups in total. The molecule has 0 fully saturated rings. The predicted molar refractivity (Wildman–Crippen MR) is 150 cm³/mol. The number of fused-ring (bicyclic) bond motifs is 1. The van der Waals surface area contributed by atoms with Gasteiger partial charge in [0.2, 0.25) is 0 Å². The number of hydrogen-bond acceptors (Lipinski definition) is 9. The van der Waals surface area contributed by atoms with Gasteiger partial charge < -0.3 is 29.2 Å². The molecule has 42 heavy (non-hydrogen) atoms. The number of hydrogen-bond donors (Lipinski definition) is 2. The molecule has 2 aromatic carbocycles. The number of nitro groups is 1. The Morgan fingerprint density at radius 1 is 1.24 bits per heavy atom. The van der Waals surface area contributed by atoms with Crippen molar-refractivity contribution in [3.63, 3.8) is 0 Å². The van der Waals surface area contributed by atoms with Gasteiger partial charge in [-0.25, -0.2) is 9.78 Å². The third kappa shape index (κ3) is 5.15. The Hall–Kier alpha value is -4.87. The molecule has 0 saturated heterocycles. The van der Waals surface area contributed by atoms with E-state index in [-0.39, 0.29) is 30.3 Å². The number of rotatable bonds is 9. The van der Waals surface area contributed by atoms with Gasteiger partial charge in [-0.1, -0.05) is 24.3 Å². The number of nitrogens with zero attached hydrogens (tertiary/aromatic N) is 3. The van der Waals surface area contributed by atoms with Crippen LogP contribution in [0.2, 0.25) is 0 Å². The minimum atomic E-state index is -1.58. The fourth-order valence-electron chi connectivity index (χ4n) is 6.10. The largest absolute Gasteiger partial charge is 0.486 e. The number of nitro benzene ring substituents is 1. The molecule has 12 nitrogen and oxygen atoms in total. The molecular formula is C30H32N4O8. The first-order valence-corrected chi connectivity index (χ1v) is 13.6. The van der Waals surface area contributed by atoms with Crippen LogP contribution in [0.4, 0.5) is 5.69 Å². The van der Waals surface area contributed by atoms with Gasteiger partial charge in [-0.2, -0.15) is 0 Å². The number of carboxylic acids is 1. The third-order valence-corrected chi connectivity index (χ3v) is 8.18. The van der Waals surface area contributed by atoms with E-state index in [2.05, 4.69) is 10.3 Å². The number of ether oxygens (including phenoxy) is 3. The minimum Gasteiger partial charge on any atom is -0.486 e. The molecule has 0 spiro atoms. The molecule has 0 saturated carbocycles. The van der Waals surface area contributed by atoms with Crippen LogP contribution in [0.15, 0.2) is 72.2 Å². The Balaban J connectivity index is 1.49. The van der Waals surface area contributed by atoms with Crippen LogP contribution < -0.4 is 14.8 Å². The number of methoxy groups -OCH3 is 1. The van der Waals surface area contributed by atoms with Gasteiger partial charge in [0.1, 0.15) is 24.0 Å². The van der Waals surface area contributed by atoms with Crippen molar-refractivity contribution in [3.05, 3.63) is 93.7 Å². The zero-order chi connectivity index (χ0) is 30.0. The summed E-state index contributed by atoms with van der Waals surface area (Å²) >= 11 is 0. The summed E-state index contributed by atoms with van der Waals surface area (Å²) in [6, 6.07) is 12.5. The first kappa shape index (κ1) is 28.7. The highest BCUT2D eigenvalue weighted by Crippen LogP contribution is 2.51. The SMILES string of the molecule is COC(=O)C1=C(C)NC(C)C(CCn2ccnc2CC2COc3ccccc3O2)(C(=O)O)C1c1cccc([N+](=O)[O-])c1. The maximum absolute atomic E-state index is 13.3. The van der Waals surface area contributed by atoms with Crippen molar-refractivity contribution in [2.24, 2.45) is 5.41 Å². The van der Waals surface area contributed by atoms with Crippen LogP contribution in [0, 0.1) is 15.5 Å². The Bertz CT molecular complexity index is 1550. The number of aromatic nitrogens is 2. The second-order valence-electron chi connectivity index (χ2n) is 10.5. The molecule has 1 aromatic heterocycles. The molecule has 220 valence electrons. The van der Waals surface area contributed by atoms with Crippen LogP contribution in [0.25, 0.3) is 0 Å². The lowest BCUT2D eigenvalue weighted by Gasteiger charge is -2.47. The van der Waals surface area contributed by atoms with Crippen LogP contribution in [0.1, 0.15) is 37.6 Å². The van der Waals surface area contributed by atoms with Crippen molar-refractivity contribution in [1.29, 1.82) is 0 Å². The number of para-hydroxylation sites is 2. The van der Waals surface area contributed by atoms with E-state index in [0.717, 1.165) is 0 Å². The maximum Gasteiger partial charge on any atom is 0.336 e. The van der Waals surface area contributed by atoms with Crippen molar-refractivity contribution in [1.82, 2.24) is 14.9 Å². The summed E-state index contributed by atoms with van der Waals surface area (Å²) < 4.78 is 18.9. The number of carboxylic acid groups (broad SMARTS) is 1. The monoisotopic (exact) mass is 576 g/mol. The van der Waals surface area contributed by atoms with Gasteiger partial charge in [-0.3, -0.25) is 14.9 Å². The molecule has 0 aliphatic carbocycles. The summed E-state index contributed by atoms with van der Waals surface area (Å²) in [7, 11) is 1.22. The van der Waals surface area contributed by atoms with Gasteiger partial charge in [0.05, 0.1) is 17.6 Å². The number of aliphatic carboxylic acids is 1. The number of allylic oxidation sites excluding steroid dienone is 1. The molecule has 2 aliphatic heterocycles. The van der Waals surface area contributed by atoms with Crippen molar-refractivity contribution in [2.75, 3.05) is 13.7 Å². The number of carbonyl (C=O) groups is 2. The van der Waals surface area contributed by atoms with E-state index in [9.17, 15) is 24.8 Å². The fraction of sp³-hybridized carbons (Fsp3) is 0.367. The number of aryl methyl sites for hydroxylation is 1. The summed E-state index contributed by atoms with van der Waals surface area (Å²) in [6.45, 7) is 4.01. The summed E-state index contributed by atoms with van der Waals surface area (Å²) in [5, 5.41) is 25.7. The Labute approximate surface area is 242 Å². The van der Waals surface area contributed by atoms with Crippen LogP contribution in [0.3, 0.4) is 0 Å². The quantitative estimate of drug-likeness (QED) is 0.218. The first-order valence-electron chi connectivity index (χ1n) is 13.6. The van der Waals surface area contributed by atoms with Gasteiger partial charge in [0, 0.05) is 55.1 Å². The van der Waals surface area contributed by atoms with Gasteiger partial charge in [0.25, 0.3) is 5.69 Å². The van der Waals surface area contributed by atoms with Crippen molar-refractivity contribution < 1.29 is 33.8 Å². The molecule has 4 atom stereocenters. The number of carbonyl (C=O) groups excluding carboxylic acids is 1. The lowest BCUT2D eigenvalue weighted by Crippen LogP contribution is -2.57. The normalized spacial score (nSPS) is 23.2. The highest BCUT2D eigenvalue weighted by atomic mass is 16.6. The van der Waals surface area contributed by atoms with Crippen LogP contribution in [0.5, 0.6) is 11.5 Å². The average Bonchev–Trinajstić information content (AvgIpc) is 3.42. The van der Waals surface area contributed by atoms with Crippen LogP contribution >= 0.6 is 0 Å². The molecule has 0 amide bonds. The molecule has 3 aromatic rings. The van der Waals surface area contributed by atoms with Crippen molar-refractivity contribution in [3.8, 4) is 11.5 Å². The van der Waals surface area contributed by atoms with Crippen LogP contribution in [-0.2, 0) is 27.3 Å². The number of non-ortho nitro benzene ring substituents is 1. The molecule has 3 heterocycles. The lowest BCUT2D eigenvalue weighted by molar-refractivity contribution is -0.384. The zero-order valence-electron chi connectivity index (χ0n) is 23.5. The smallest absolute Gasteiger partial charge is 0.336 e. The average molecular weight is 577 g/mol. The maximum atomic E-state index is 13.3. The Kier molecular flexibility index (Phi) is 7.88. The summed E-state index contributed by atoms with van der Waals surface area (Å²) in [5.41, 5.74) is -0.857. The lowest BCUT2D eigenvalue weighted by atomic mass is 9.60. The van der Waals surface area contributed by atoms with E-state index in [4.69, 9.17) is 14.2 Å². The van der Waals surface area contributed by atoms with Gasteiger partial charge >= 0.3 is 11.9 Å². The van der Waals surface area contributed by atoms with E-state index in [0.29, 0.717) is 41.6 Å². The predicted octanol–water partition coefficient (Wildman–Crippen LogP) is 3.86. The number of nitrogens with one attached hydrogen (secondary N) is 1. The molecule has 12 heteroatoms. The third-order valence-electron chi connectivity index (χ3n) is 8.18. The Morgan fingerprint density at radius 3 is 2.71 bits per heavy atom. The summed E-state index contributed by atoms with van der Waals surface area (Å²) in [5.74, 6) is -0.863. The Morgan fingerprint density at radius 2 is 2.00 bits per heavy atom. The van der Waals surface area contributed by atoms with Crippen molar-refractivity contribution >= 4 is 17.6 Å². The van der Waals surface area contributed by atoms with Gasteiger partial charge in [-0.15, -0.1) is 0 Å². The number of benzene rings is 2. The highest BCUT2D eigenvalue weighted by Gasteiger charge is 2.56. The number of esters is 1. The standard InChI is InChI=1S/C30H32N4O8/c1-18-26(28(35)40-3)27(20-7-6-8-21(15-20)34(38)39)30(29(36)37,19(2)32-18)11-13-33-14-12-31-25(33)16-22-17-41-23-9-4-5-10-24(23)42-22/h4-10,12,14-15,19,22,27,32H,11,13,16-17H2,1-3H3,(H,36,37). The van der Waals surface area contributed by atoms with E-state index in [1.165, 1.54) is 25.3 Å². The second-order valence-corrected chi connectivity index (χ2v) is 10.5. The van der Waals surface area contributed by atoms with E-state index in [1.807, 2.05) is 28.8 Å². The molecule has 5 rings (SSSR count). The molecule has 0 radical (unpaired) electrons. The van der Waals surface area contributed by atoms with Crippen LogP contribution in [-0.4, -0.2) is 57.4 Å². The first-order chi connectivity index (χ1) is 20.1. The second kappa shape index (κ2) is 11.6. The van der Waals surface area contributed by atoms with E-state index in [1.54, 1.807) is 32.3 Å². The zero-order valence-corrected chi connectivity index (χ0v) is 23.5. The van der Waals surface area contributed by atoms with Gasteiger partial charge in [-0.05, 0) is 38.0 Å². The van der Waals surface area contributed by atoms with E-state index < -0.39 is 34.2 Å². The molecule has 0 bridgehead atoms. The molecule has 2 aliphatic rings. The fourth-order valence-corrected chi connectivity index (χ4v) is 6.10. The van der Waals surface area contributed by atoms with Crippen molar-refractivity contribution in [2.45, 2.75) is 51.3 Å². The molecule has 4 unspecified atom stereocenters. The summed E-state index contributed by atoms with van der Waals surface area (Å²) in [6.07, 6.45) is 3.62. The topological polar surface area (TPSA) is 155 Å². The minimum absolute atomic E-state index is 0.0752. The molecular weight excluding hydrogens is 544 g/mol. The van der Waals surface area contributed by atoms with Gasteiger partial charge in [0.15, 0.2) is 11.5 Å². The summed E-state index contributed by atoms with van der Waals surface area (Å²) in [4.78, 5) is 42.0. The van der Waals surface area contributed by atoms with E-state index >= 15 is 0 Å². The number of imidazole rings is 1. The highest BCUT2D eigenvalue weighted by molar-refractivity contribution is 5.94.